The van der Waals surface area contributed by atoms with Crippen molar-refractivity contribution >= 4 is 33.1 Å². The quantitative estimate of drug-likeness (QED) is 0.251. The Morgan fingerprint density at radius 2 is 1.82 bits per heavy atom. The molecule has 1 amide bonds. The first-order valence-electron chi connectivity index (χ1n) is 12.2. The molecular formula is C28H28N2O7S2. The Bertz CT molecular complexity index is 1570. The van der Waals surface area contributed by atoms with Gasteiger partial charge in [-0.2, -0.15) is 0 Å². The molecule has 0 aliphatic heterocycles. The van der Waals surface area contributed by atoms with E-state index in [0.29, 0.717) is 36.7 Å². The van der Waals surface area contributed by atoms with Gasteiger partial charge in [-0.05, 0) is 60.9 Å². The molecule has 2 aromatic carbocycles. The molecular weight excluding hydrogens is 540 g/mol. The van der Waals surface area contributed by atoms with E-state index >= 15 is 0 Å². The molecule has 39 heavy (non-hydrogen) atoms. The normalized spacial score (nSPS) is 11.3. The lowest BCUT2D eigenvalue weighted by molar-refractivity contribution is -0.136. The number of hydrogen-bond donors (Lipinski definition) is 2. The highest BCUT2D eigenvalue weighted by molar-refractivity contribution is 7.92. The lowest BCUT2D eigenvalue weighted by Gasteiger charge is -2.13. The average Bonchev–Trinajstić information content (AvgIpc) is 3.55. The Balaban J connectivity index is 1.42. The second-order valence-electron chi connectivity index (χ2n) is 8.88. The maximum absolute atomic E-state index is 12.6. The van der Waals surface area contributed by atoms with Gasteiger partial charge in [0.25, 0.3) is 5.91 Å². The summed E-state index contributed by atoms with van der Waals surface area (Å²) in [5, 5.41) is 11.9. The Morgan fingerprint density at radius 1 is 1.05 bits per heavy atom. The highest BCUT2D eigenvalue weighted by atomic mass is 32.2. The van der Waals surface area contributed by atoms with Gasteiger partial charge in [0, 0.05) is 31.2 Å². The third-order valence-corrected chi connectivity index (χ3v) is 8.82. The number of amides is 1. The molecule has 11 heteroatoms. The van der Waals surface area contributed by atoms with Gasteiger partial charge >= 0.3 is 5.97 Å². The average molecular weight is 569 g/mol. The second kappa shape index (κ2) is 12.3. The summed E-state index contributed by atoms with van der Waals surface area (Å²) < 4.78 is 35.3. The minimum atomic E-state index is -3.40. The number of benzene rings is 2. The maximum atomic E-state index is 12.6. The molecule has 204 valence electrons. The summed E-state index contributed by atoms with van der Waals surface area (Å²) >= 11 is 0.899. The third-order valence-electron chi connectivity index (χ3n) is 5.92. The molecule has 0 fully saturated rings. The van der Waals surface area contributed by atoms with E-state index in [4.69, 9.17) is 14.3 Å². The number of thiophene rings is 1. The van der Waals surface area contributed by atoms with E-state index in [1.807, 2.05) is 37.3 Å². The number of nitrogens with zero attached hydrogens (tertiary/aromatic N) is 1. The summed E-state index contributed by atoms with van der Waals surface area (Å²) in [4.78, 5) is 28.6. The highest BCUT2D eigenvalue weighted by Crippen LogP contribution is 2.24. The predicted octanol–water partition coefficient (Wildman–Crippen LogP) is 4.68. The standard InChI is InChI=1S/C28H28N2O7S2/c1-18-23(30-28(37-18)20-6-4-3-5-7-20)14-15-36-22-10-8-19(9-12-25(31)32)21(16-22)17-29-27(33)24-11-13-26(38-24)39(2,34)35/h3-8,10-11,13,16H,9,12,14-15,17H2,1-2H3,(H,29,33)(H,31,32). The fraction of sp³-hybridized carbons (Fsp3) is 0.250. The van der Waals surface area contributed by atoms with Crippen molar-refractivity contribution in [3.8, 4) is 17.2 Å². The molecule has 0 bridgehead atoms. The Morgan fingerprint density at radius 3 is 2.51 bits per heavy atom. The zero-order chi connectivity index (χ0) is 28.0. The van der Waals surface area contributed by atoms with Crippen molar-refractivity contribution in [1.29, 1.82) is 0 Å². The van der Waals surface area contributed by atoms with Gasteiger partial charge in [0.1, 0.15) is 15.7 Å². The van der Waals surface area contributed by atoms with Crippen molar-refractivity contribution in [3.63, 3.8) is 0 Å². The fourth-order valence-corrected chi connectivity index (χ4v) is 5.72. The van der Waals surface area contributed by atoms with E-state index in [1.165, 1.54) is 12.1 Å². The van der Waals surface area contributed by atoms with Crippen LogP contribution in [0.2, 0.25) is 0 Å². The lowest BCUT2D eigenvalue weighted by Crippen LogP contribution is -2.22. The molecule has 0 radical (unpaired) electrons. The van der Waals surface area contributed by atoms with Crippen LogP contribution in [0.3, 0.4) is 0 Å². The molecule has 0 unspecified atom stereocenters. The number of aliphatic carboxylic acids is 1. The van der Waals surface area contributed by atoms with Crippen molar-refractivity contribution in [2.45, 2.75) is 36.9 Å². The second-order valence-corrected chi connectivity index (χ2v) is 12.2. The van der Waals surface area contributed by atoms with Crippen LogP contribution in [0.15, 0.2) is 69.3 Å². The Kier molecular flexibility index (Phi) is 8.82. The van der Waals surface area contributed by atoms with Gasteiger partial charge in [-0.15, -0.1) is 11.3 Å². The van der Waals surface area contributed by atoms with Gasteiger partial charge in [-0.3, -0.25) is 9.59 Å². The maximum Gasteiger partial charge on any atom is 0.303 e. The molecule has 0 aliphatic carbocycles. The number of carbonyl (C=O) groups excluding carboxylic acids is 1. The lowest BCUT2D eigenvalue weighted by atomic mass is 10.0. The summed E-state index contributed by atoms with van der Waals surface area (Å²) in [5.74, 6) is 0.505. The number of carbonyl (C=O) groups is 2. The molecule has 9 nitrogen and oxygen atoms in total. The number of nitrogens with one attached hydrogen (secondary N) is 1. The Hall–Kier alpha value is -3.96. The van der Waals surface area contributed by atoms with Crippen molar-refractivity contribution in [2.24, 2.45) is 0 Å². The van der Waals surface area contributed by atoms with Gasteiger partial charge in [0.2, 0.25) is 5.89 Å². The van der Waals surface area contributed by atoms with Crippen LogP contribution < -0.4 is 10.1 Å². The summed E-state index contributed by atoms with van der Waals surface area (Å²) in [6.07, 6.45) is 1.85. The third kappa shape index (κ3) is 7.55. The van der Waals surface area contributed by atoms with Crippen LogP contribution in [-0.2, 0) is 34.0 Å². The molecule has 0 atom stereocenters. The number of aryl methyl sites for hydroxylation is 2. The van der Waals surface area contributed by atoms with Crippen LogP contribution >= 0.6 is 11.3 Å². The summed E-state index contributed by atoms with van der Waals surface area (Å²) in [6, 6.07) is 17.8. The number of hydrogen-bond acceptors (Lipinski definition) is 8. The first kappa shape index (κ1) is 28.1. The Labute approximate surface area is 230 Å². The molecule has 0 saturated carbocycles. The molecule has 4 rings (SSSR count). The van der Waals surface area contributed by atoms with E-state index in [9.17, 15) is 18.0 Å². The monoisotopic (exact) mass is 568 g/mol. The number of carboxylic acid groups (broad SMARTS) is 1. The first-order valence-corrected chi connectivity index (χ1v) is 14.9. The fourth-order valence-electron chi connectivity index (χ4n) is 3.88. The molecule has 2 heterocycles. The minimum Gasteiger partial charge on any atom is -0.493 e. The number of sulfone groups is 1. The topological polar surface area (TPSA) is 136 Å². The molecule has 0 spiro atoms. The molecule has 0 saturated heterocycles. The van der Waals surface area contributed by atoms with Crippen molar-refractivity contribution in [1.82, 2.24) is 10.3 Å². The zero-order valence-electron chi connectivity index (χ0n) is 21.5. The van der Waals surface area contributed by atoms with Gasteiger partial charge in [0.05, 0.1) is 17.2 Å². The smallest absolute Gasteiger partial charge is 0.303 e. The zero-order valence-corrected chi connectivity index (χ0v) is 23.1. The van der Waals surface area contributed by atoms with Gasteiger partial charge in [-0.1, -0.05) is 24.3 Å². The van der Waals surface area contributed by atoms with Gasteiger partial charge in [0.15, 0.2) is 9.84 Å². The van der Waals surface area contributed by atoms with Crippen molar-refractivity contribution < 1.29 is 32.3 Å². The van der Waals surface area contributed by atoms with E-state index in [1.54, 1.807) is 18.2 Å². The number of carboxylic acids is 1. The van der Waals surface area contributed by atoms with Crippen LogP contribution in [-0.4, -0.2) is 43.2 Å². The SMILES string of the molecule is Cc1oc(-c2ccccc2)nc1CCOc1ccc(CCC(=O)O)c(CNC(=O)c2ccc(S(C)(=O)=O)s2)c1. The van der Waals surface area contributed by atoms with Gasteiger partial charge in [-0.25, -0.2) is 13.4 Å². The van der Waals surface area contributed by atoms with Crippen LogP contribution in [0, 0.1) is 6.92 Å². The van der Waals surface area contributed by atoms with Crippen molar-refractivity contribution in [2.75, 3.05) is 12.9 Å². The van der Waals surface area contributed by atoms with Crippen LogP contribution in [0.25, 0.3) is 11.5 Å². The summed E-state index contributed by atoms with van der Waals surface area (Å²) in [7, 11) is -3.40. The number of rotatable bonds is 12. The number of aromatic nitrogens is 1. The highest BCUT2D eigenvalue weighted by Gasteiger charge is 2.16. The molecule has 2 N–H and O–H groups in total. The van der Waals surface area contributed by atoms with E-state index in [2.05, 4.69) is 10.3 Å². The van der Waals surface area contributed by atoms with E-state index < -0.39 is 21.7 Å². The summed E-state index contributed by atoms with van der Waals surface area (Å²) in [5.41, 5.74) is 3.18. The van der Waals surface area contributed by atoms with Crippen LogP contribution in [0.4, 0.5) is 0 Å². The number of oxazole rings is 1. The largest absolute Gasteiger partial charge is 0.493 e. The first-order chi connectivity index (χ1) is 18.6. The number of ether oxygens (including phenoxy) is 1. The van der Waals surface area contributed by atoms with Gasteiger partial charge < -0.3 is 19.6 Å². The predicted molar refractivity (Wildman–Crippen MR) is 147 cm³/mol. The van der Waals surface area contributed by atoms with Crippen LogP contribution in [0.5, 0.6) is 5.75 Å². The molecule has 0 aliphatic rings. The summed E-state index contributed by atoms with van der Waals surface area (Å²) in [6.45, 7) is 2.32. The van der Waals surface area contributed by atoms with Crippen molar-refractivity contribution in [3.05, 3.63) is 88.1 Å². The van der Waals surface area contributed by atoms with E-state index in [-0.39, 0.29) is 22.1 Å². The van der Waals surface area contributed by atoms with Crippen LogP contribution in [0.1, 0.15) is 38.7 Å². The minimum absolute atomic E-state index is 0.0566. The van der Waals surface area contributed by atoms with E-state index in [0.717, 1.165) is 40.2 Å². The molecule has 2 aromatic heterocycles. The molecule has 4 aromatic rings.